The molecule has 0 spiro atoms. The van der Waals surface area contributed by atoms with Crippen molar-refractivity contribution in [2.24, 2.45) is 0 Å². The highest BCUT2D eigenvalue weighted by Crippen LogP contribution is 2.36. The molecule has 1 fully saturated rings. The molecule has 0 aliphatic carbocycles. The van der Waals surface area contributed by atoms with E-state index in [-0.39, 0.29) is 23.5 Å². The summed E-state index contributed by atoms with van der Waals surface area (Å²) in [7, 11) is 0. The molecule has 0 saturated carbocycles. The SMILES string of the molecule is Cc1ccc([C@H](CC(F)(F)F)N2CCNCC2)c(F)c1F.Cl. The molecule has 1 aromatic rings. The highest BCUT2D eigenvalue weighted by atomic mass is 35.5. The van der Waals surface area contributed by atoms with Gasteiger partial charge in [-0.25, -0.2) is 8.78 Å². The van der Waals surface area contributed by atoms with Crippen LogP contribution in [0.1, 0.15) is 23.6 Å². The summed E-state index contributed by atoms with van der Waals surface area (Å²) in [6.07, 6.45) is -5.63. The van der Waals surface area contributed by atoms with E-state index in [4.69, 9.17) is 0 Å². The Morgan fingerprint density at radius 3 is 2.27 bits per heavy atom. The number of halogens is 6. The second-order valence-corrected chi connectivity index (χ2v) is 5.22. The second kappa shape index (κ2) is 7.57. The molecule has 1 heterocycles. The van der Waals surface area contributed by atoms with Crippen molar-refractivity contribution in [3.63, 3.8) is 0 Å². The smallest absolute Gasteiger partial charge is 0.314 e. The van der Waals surface area contributed by atoms with Gasteiger partial charge < -0.3 is 5.32 Å². The highest BCUT2D eigenvalue weighted by Gasteiger charge is 2.37. The lowest BCUT2D eigenvalue weighted by molar-refractivity contribution is -0.149. The quantitative estimate of drug-likeness (QED) is 0.843. The first-order valence-electron chi connectivity index (χ1n) is 6.75. The Balaban J connectivity index is 0.00000242. The molecular formula is C14H18ClF5N2. The summed E-state index contributed by atoms with van der Waals surface area (Å²) in [4.78, 5) is 1.55. The van der Waals surface area contributed by atoms with Gasteiger partial charge in [-0.1, -0.05) is 12.1 Å². The van der Waals surface area contributed by atoms with Crippen LogP contribution >= 0.6 is 12.4 Å². The Hall–Kier alpha value is -0.920. The van der Waals surface area contributed by atoms with Gasteiger partial charge >= 0.3 is 6.18 Å². The monoisotopic (exact) mass is 344 g/mol. The number of alkyl halides is 3. The van der Waals surface area contributed by atoms with E-state index in [9.17, 15) is 22.0 Å². The van der Waals surface area contributed by atoms with Gasteiger partial charge in [0.25, 0.3) is 0 Å². The zero-order valence-corrected chi connectivity index (χ0v) is 12.8. The molecule has 1 N–H and O–H groups in total. The van der Waals surface area contributed by atoms with Crippen molar-refractivity contribution in [2.45, 2.75) is 25.6 Å². The minimum Gasteiger partial charge on any atom is -0.314 e. The molecule has 22 heavy (non-hydrogen) atoms. The van der Waals surface area contributed by atoms with Crippen LogP contribution in [0.5, 0.6) is 0 Å². The molecule has 2 rings (SSSR count). The summed E-state index contributed by atoms with van der Waals surface area (Å²) in [5.74, 6) is -2.25. The predicted molar refractivity (Wildman–Crippen MR) is 76.2 cm³/mol. The molecular weight excluding hydrogens is 327 g/mol. The minimum atomic E-state index is -4.44. The lowest BCUT2D eigenvalue weighted by Crippen LogP contribution is -2.46. The van der Waals surface area contributed by atoms with Crippen LogP contribution in [0, 0.1) is 18.6 Å². The van der Waals surface area contributed by atoms with Gasteiger partial charge in [0.2, 0.25) is 0 Å². The van der Waals surface area contributed by atoms with Gasteiger partial charge in [-0.05, 0) is 12.5 Å². The topological polar surface area (TPSA) is 15.3 Å². The Labute approximate surface area is 132 Å². The van der Waals surface area contributed by atoms with Gasteiger partial charge in [-0.2, -0.15) is 13.2 Å². The van der Waals surface area contributed by atoms with Crippen molar-refractivity contribution in [1.82, 2.24) is 10.2 Å². The van der Waals surface area contributed by atoms with Crippen molar-refractivity contribution in [3.8, 4) is 0 Å². The Morgan fingerprint density at radius 1 is 1.14 bits per heavy atom. The van der Waals surface area contributed by atoms with E-state index in [1.807, 2.05) is 0 Å². The lowest BCUT2D eigenvalue weighted by Gasteiger charge is -2.35. The van der Waals surface area contributed by atoms with Crippen molar-refractivity contribution >= 4 is 12.4 Å². The van der Waals surface area contributed by atoms with E-state index >= 15 is 0 Å². The lowest BCUT2D eigenvalue weighted by atomic mass is 9.98. The number of rotatable bonds is 3. The van der Waals surface area contributed by atoms with Crippen LogP contribution in [0.25, 0.3) is 0 Å². The first-order chi connectivity index (χ1) is 9.79. The van der Waals surface area contributed by atoms with Gasteiger partial charge in [0, 0.05) is 37.8 Å². The molecule has 8 heteroatoms. The summed E-state index contributed by atoms with van der Waals surface area (Å²) < 4.78 is 66.1. The van der Waals surface area contributed by atoms with E-state index in [1.165, 1.54) is 19.1 Å². The number of nitrogens with zero attached hydrogens (tertiary/aromatic N) is 1. The third-order valence-corrected chi connectivity index (χ3v) is 3.68. The van der Waals surface area contributed by atoms with Gasteiger partial charge in [0.1, 0.15) is 0 Å². The zero-order chi connectivity index (χ0) is 15.6. The highest BCUT2D eigenvalue weighted by molar-refractivity contribution is 5.85. The van der Waals surface area contributed by atoms with E-state index in [0.717, 1.165) is 0 Å². The van der Waals surface area contributed by atoms with Gasteiger partial charge in [-0.15, -0.1) is 12.4 Å². The Kier molecular flexibility index (Phi) is 6.58. The van der Waals surface area contributed by atoms with Crippen molar-refractivity contribution in [3.05, 3.63) is 34.9 Å². The van der Waals surface area contributed by atoms with Crippen LogP contribution in [-0.4, -0.2) is 37.3 Å². The first-order valence-corrected chi connectivity index (χ1v) is 6.75. The maximum absolute atomic E-state index is 14.1. The fraction of sp³-hybridized carbons (Fsp3) is 0.571. The van der Waals surface area contributed by atoms with Crippen LogP contribution in [0.4, 0.5) is 22.0 Å². The molecule has 0 unspecified atom stereocenters. The molecule has 0 bridgehead atoms. The number of piperazine rings is 1. The number of benzene rings is 1. The van der Waals surface area contributed by atoms with E-state index in [2.05, 4.69) is 5.32 Å². The van der Waals surface area contributed by atoms with Crippen molar-refractivity contribution in [1.29, 1.82) is 0 Å². The van der Waals surface area contributed by atoms with Crippen LogP contribution in [0.15, 0.2) is 12.1 Å². The fourth-order valence-electron chi connectivity index (χ4n) is 2.57. The van der Waals surface area contributed by atoms with Crippen LogP contribution in [-0.2, 0) is 0 Å². The molecule has 0 radical (unpaired) electrons. The fourth-order valence-corrected chi connectivity index (χ4v) is 2.57. The summed E-state index contributed by atoms with van der Waals surface area (Å²) in [6.45, 7) is 3.19. The molecule has 1 atom stereocenters. The maximum Gasteiger partial charge on any atom is 0.390 e. The standard InChI is InChI=1S/C14H17F5N2.ClH/c1-9-2-3-10(13(16)12(9)15)11(8-14(17,18)19)21-6-4-20-5-7-21;/h2-3,11,20H,4-8H2,1H3;1H/t11-;/m0./s1. The minimum absolute atomic E-state index is 0. The average molecular weight is 345 g/mol. The number of nitrogens with one attached hydrogen (secondary N) is 1. The number of hydrogen-bond acceptors (Lipinski definition) is 2. The Morgan fingerprint density at radius 2 is 1.73 bits per heavy atom. The third-order valence-electron chi connectivity index (χ3n) is 3.68. The predicted octanol–water partition coefficient (Wildman–Crippen LogP) is 3.59. The van der Waals surface area contributed by atoms with Gasteiger partial charge in [-0.3, -0.25) is 4.90 Å². The van der Waals surface area contributed by atoms with Crippen molar-refractivity contribution in [2.75, 3.05) is 26.2 Å². The maximum atomic E-state index is 14.1. The van der Waals surface area contributed by atoms with Gasteiger partial charge in [0.05, 0.1) is 6.42 Å². The second-order valence-electron chi connectivity index (χ2n) is 5.22. The summed E-state index contributed by atoms with van der Waals surface area (Å²) in [5, 5.41) is 3.03. The molecule has 2 nitrogen and oxygen atoms in total. The molecule has 1 aliphatic rings. The number of aryl methyl sites for hydroxylation is 1. The normalized spacial score (nSPS) is 17.9. The molecule has 0 aromatic heterocycles. The van der Waals surface area contributed by atoms with E-state index in [1.54, 1.807) is 4.90 Å². The first kappa shape index (κ1) is 19.1. The largest absolute Gasteiger partial charge is 0.390 e. The molecule has 1 aromatic carbocycles. The van der Waals surface area contributed by atoms with E-state index in [0.29, 0.717) is 26.2 Å². The summed E-state index contributed by atoms with van der Waals surface area (Å²) in [6, 6.07) is 1.38. The molecule has 0 amide bonds. The van der Waals surface area contributed by atoms with Crippen molar-refractivity contribution < 1.29 is 22.0 Å². The van der Waals surface area contributed by atoms with Crippen LogP contribution in [0.2, 0.25) is 0 Å². The number of hydrogen-bond donors (Lipinski definition) is 1. The Bertz CT molecular complexity index is 501. The summed E-state index contributed by atoms with van der Waals surface area (Å²) >= 11 is 0. The molecule has 1 saturated heterocycles. The average Bonchev–Trinajstić information content (AvgIpc) is 2.43. The van der Waals surface area contributed by atoms with Crippen LogP contribution < -0.4 is 5.32 Å². The van der Waals surface area contributed by atoms with Crippen LogP contribution in [0.3, 0.4) is 0 Å². The van der Waals surface area contributed by atoms with Gasteiger partial charge in [0.15, 0.2) is 11.6 Å². The third kappa shape index (κ3) is 4.54. The molecule has 126 valence electrons. The molecule has 1 aliphatic heterocycles. The van der Waals surface area contributed by atoms with E-state index < -0.39 is 30.3 Å². The zero-order valence-electron chi connectivity index (χ0n) is 12.0. The summed E-state index contributed by atoms with van der Waals surface area (Å²) in [5.41, 5.74) is -0.139.